The fourth-order valence-corrected chi connectivity index (χ4v) is 3.54. The number of amides is 2. The number of rotatable bonds is 3. The lowest BCUT2D eigenvalue weighted by molar-refractivity contribution is -0.130. The third-order valence-electron chi connectivity index (χ3n) is 4.80. The van der Waals surface area contributed by atoms with Crippen molar-refractivity contribution in [2.75, 3.05) is 31.1 Å². The molecular formula is C18H25N3O2. The van der Waals surface area contributed by atoms with Crippen molar-refractivity contribution in [1.82, 2.24) is 10.2 Å². The van der Waals surface area contributed by atoms with Crippen molar-refractivity contribution >= 4 is 17.5 Å². The van der Waals surface area contributed by atoms with E-state index >= 15 is 0 Å². The van der Waals surface area contributed by atoms with Gasteiger partial charge in [-0.1, -0.05) is 12.1 Å². The van der Waals surface area contributed by atoms with Gasteiger partial charge in [-0.3, -0.25) is 9.59 Å². The number of hydrogen-bond acceptors (Lipinski definition) is 3. The predicted octanol–water partition coefficient (Wildman–Crippen LogP) is 2.03. The molecule has 0 aliphatic carbocycles. The molecule has 0 radical (unpaired) electrons. The minimum atomic E-state index is -0.0251. The van der Waals surface area contributed by atoms with Gasteiger partial charge in [0.2, 0.25) is 5.91 Å². The Morgan fingerprint density at radius 3 is 2.57 bits per heavy atom. The number of para-hydroxylation sites is 1. The van der Waals surface area contributed by atoms with E-state index in [0.29, 0.717) is 6.54 Å². The van der Waals surface area contributed by atoms with Crippen LogP contribution in [-0.4, -0.2) is 48.9 Å². The van der Waals surface area contributed by atoms with E-state index in [4.69, 9.17) is 0 Å². The van der Waals surface area contributed by atoms with Gasteiger partial charge in [-0.25, -0.2) is 0 Å². The zero-order valence-electron chi connectivity index (χ0n) is 13.8. The molecular weight excluding hydrogens is 290 g/mol. The summed E-state index contributed by atoms with van der Waals surface area (Å²) in [5, 5.41) is 3.12. The summed E-state index contributed by atoms with van der Waals surface area (Å²) in [6.07, 6.45) is 4.25. The summed E-state index contributed by atoms with van der Waals surface area (Å²) in [6.45, 7) is 5.05. The maximum Gasteiger partial charge on any atom is 0.253 e. The summed E-state index contributed by atoms with van der Waals surface area (Å²) >= 11 is 0. The van der Waals surface area contributed by atoms with Gasteiger partial charge in [0.05, 0.1) is 5.56 Å². The molecule has 5 nitrogen and oxygen atoms in total. The molecule has 1 N–H and O–H groups in total. The Labute approximate surface area is 137 Å². The number of likely N-dealkylation sites (tertiary alicyclic amines) is 1. The monoisotopic (exact) mass is 315 g/mol. The highest BCUT2D eigenvalue weighted by atomic mass is 16.2. The largest absolute Gasteiger partial charge is 0.371 e. The summed E-state index contributed by atoms with van der Waals surface area (Å²) in [7, 11) is 0. The number of anilines is 1. The minimum absolute atomic E-state index is 0.0251. The molecule has 2 heterocycles. The zero-order chi connectivity index (χ0) is 16.2. The van der Waals surface area contributed by atoms with Gasteiger partial charge >= 0.3 is 0 Å². The maximum absolute atomic E-state index is 12.7. The van der Waals surface area contributed by atoms with E-state index in [1.54, 1.807) is 6.92 Å². The molecule has 2 saturated heterocycles. The van der Waals surface area contributed by atoms with Gasteiger partial charge in [0.15, 0.2) is 0 Å². The van der Waals surface area contributed by atoms with E-state index in [0.717, 1.165) is 43.7 Å². The first-order valence-corrected chi connectivity index (χ1v) is 8.55. The average Bonchev–Trinajstić information content (AvgIpc) is 3.09. The maximum atomic E-state index is 12.7. The van der Waals surface area contributed by atoms with Crippen molar-refractivity contribution < 1.29 is 9.59 Å². The van der Waals surface area contributed by atoms with Crippen LogP contribution >= 0.6 is 0 Å². The van der Waals surface area contributed by atoms with Gasteiger partial charge in [0.25, 0.3) is 5.91 Å². The summed E-state index contributed by atoms with van der Waals surface area (Å²) < 4.78 is 0. The first-order chi connectivity index (χ1) is 11.1. The van der Waals surface area contributed by atoms with Crippen LogP contribution in [0.15, 0.2) is 24.3 Å². The molecule has 2 aliphatic rings. The number of carbonyl (C=O) groups excluding carboxylic acids is 2. The van der Waals surface area contributed by atoms with Crippen LogP contribution in [0.4, 0.5) is 5.69 Å². The second-order valence-electron chi connectivity index (χ2n) is 6.49. The molecule has 5 heteroatoms. The Balaban J connectivity index is 1.70. The van der Waals surface area contributed by atoms with Crippen molar-refractivity contribution in [2.45, 2.75) is 38.6 Å². The molecule has 0 saturated carbocycles. The second-order valence-corrected chi connectivity index (χ2v) is 6.49. The fourth-order valence-electron chi connectivity index (χ4n) is 3.54. The average molecular weight is 315 g/mol. The van der Waals surface area contributed by atoms with Crippen molar-refractivity contribution in [2.24, 2.45) is 0 Å². The molecule has 2 amide bonds. The summed E-state index contributed by atoms with van der Waals surface area (Å²) in [5.74, 6) is 0.0596. The normalized spacial score (nSPS) is 21.3. The summed E-state index contributed by atoms with van der Waals surface area (Å²) in [6, 6.07) is 7.88. The van der Waals surface area contributed by atoms with Crippen LogP contribution in [0.5, 0.6) is 0 Å². The fraction of sp³-hybridized carbons (Fsp3) is 0.556. The Hall–Kier alpha value is -2.04. The van der Waals surface area contributed by atoms with Gasteiger partial charge in [-0.15, -0.1) is 0 Å². The van der Waals surface area contributed by atoms with Crippen molar-refractivity contribution in [1.29, 1.82) is 0 Å². The summed E-state index contributed by atoms with van der Waals surface area (Å²) in [4.78, 5) is 28.4. The highest BCUT2D eigenvalue weighted by Crippen LogP contribution is 2.24. The Kier molecular flexibility index (Phi) is 4.84. The van der Waals surface area contributed by atoms with Gasteiger partial charge in [-0.05, 0) is 37.8 Å². The van der Waals surface area contributed by atoms with Crippen molar-refractivity contribution in [3.8, 4) is 0 Å². The molecule has 0 spiro atoms. The minimum Gasteiger partial charge on any atom is -0.371 e. The lowest BCUT2D eigenvalue weighted by Crippen LogP contribution is -2.49. The van der Waals surface area contributed by atoms with E-state index in [-0.39, 0.29) is 17.9 Å². The Bertz CT molecular complexity index is 581. The molecule has 1 aromatic rings. The molecule has 2 aliphatic heterocycles. The van der Waals surface area contributed by atoms with Gasteiger partial charge in [0, 0.05) is 44.8 Å². The van der Waals surface area contributed by atoms with Crippen LogP contribution in [0.1, 0.15) is 43.0 Å². The highest BCUT2D eigenvalue weighted by molar-refractivity contribution is 6.00. The molecule has 0 unspecified atom stereocenters. The van der Waals surface area contributed by atoms with Gasteiger partial charge in [0.1, 0.15) is 0 Å². The second kappa shape index (κ2) is 7.02. The van der Waals surface area contributed by atoms with Crippen LogP contribution in [0, 0.1) is 0 Å². The summed E-state index contributed by atoms with van der Waals surface area (Å²) in [5.41, 5.74) is 1.77. The third kappa shape index (κ3) is 3.66. The number of carbonyl (C=O) groups is 2. The number of hydrogen-bond donors (Lipinski definition) is 1. The van der Waals surface area contributed by atoms with E-state index in [1.807, 2.05) is 29.2 Å². The van der Waals surface area contributed by atoms with Crippen LogP contribution in [0.3, 0.4) is 0 Å². The van der Waals surface area contributed by atoms with E-state index in [2.05, 4.69) is 10.2 Å². The molecule has 2 fully saturated rings. The SMILES string of the molecule is CC(=O)N1CCC[C@@H](NC(=O)c2ccccc2N2CCCC2)C1. The molecule has 3 rings (SSSR count). The predicted molar refractivity (Wildman–Crippen MR) is 90.6 cm³/mol. The topological polar surface area (TPSA) is 52.7 Å². The Morgan fingerprint density at radius 2 is 1.83 bits per heavy atom. The van der Waals surface area contributed by atoms with Crippen LogP contribution in [-0.2, 0) is 4.79 Å². The smallest absolute Gasteiger partial charge is 0.253 e. The van der Waals surface area contributed by atoms with Crippen molar-refractivity contribution in [3.63, 3.8) is 0 Å². The van der Waals surface area contributed by atoms with Crippen LogP contribution < -0.4 is 10.2 Å². The number of benzene rings is 1. The number of piperidine rings is 1. The van der Waals surface area contributed by atoms with Crippen LogP contribution in [0.2, 0.25) is 0 Å². The van der Waals surface area contributed by atoms with Gasteiger partial charge in [-0.2, -0.15) is 0 Å². The number of nitrogens with one attached hydrogen (secondary N) is 1. The molecule has 124 valence electrons. The molecule has 1 atom stereocenters. The third-order valence-corrected chi connectivity index (χ3v) is 4.80. The lowest BCUT2D eigenvalue weighted by atomic mass is 10.0. The highest BCUT2D eigenvalue weighted by Gasteiger charge is 2.25. The molecule has 0 bridgehead atoms. The van der Waals surface area contributed by atoms with E-state index < -0.39 is 0 Å². The first kappa shape index (κ1) is 15.8. The van der Waals surface area contributed by atoms with E-state index in [1.165, 1.54) is 12.8 Å². The molecule has 0 aromatic heterocycles. The van der Waals surface area contributed by atoms with E-state index in [9.17, 15) is 9.59 Å². The molecule has 23 heavy (non-hydrogen) atoms. The number of nitrogens with zero attached hydrogens (tertiary/aromatic N) is 2. The van der Waals surface area contributed by atoms with Crippen LogP contribution in [0.25, 0.3) is 0 Å². The van der Waals surface area contributed by atoms with Gasteiger partial charge < -0.3 is 15.1 Å². The molecule has 1 aromatic carbocycles. The van der Waals surface area contributed by atoms with Crippen molar-refractivity contribution in [3.05, 3.63) is 29.8 Å². The standard InChI is InChI=1S/C18H25N3O2/c1-14(22)21-12-6-7-15(13-21)19-18(23)16-8-2-3-9-17(16)20-10-4-5-11-20/h2-3,8-9,15H,4-7,10-13H2,1H3,(H,19,23)/t15-/m1/s1. The lowest BCUT2D eigenvalue weighted by Gasteiger charge is -2.32. The zero-order valence-corrected chi connectivity index (χ0v) is 13.8. The first-order valence-electron chi connectivity index (χ1n) is 8.55. The Morgan fingerprint density at radius 1 is 1.09 bits per heavy atom. The quantitative estimate of drug-likeness (QED) is 0.928.